The normalized spacial score (nSPS) is 11.3. The van der Waals surface area contributed by atoms with Gasteiger partial charge < -0.3 is 5.73 Å². The molecule has 0 unspecified atom stereocenters. The summed E-state index contributed by atoms with van der Waals surface area (Å²) >= 11 is 5.85. The third-order valence-electron chi connectivity index (χ3n) is 2.90. The highest BCUT2D eigenvalue weighted by Gasteiger charge is 2.15. The summed E-state index contributed by atoms with van der Waals surface area (Å²) in [5.41, 5.74) is 7.57. The first-order valence-electron chi connectivity index (χ1n) is 6.09. The quantitative estimate of drug-likeness (QED) is 0.851. The minimum atomic E-state index is -3.66. The van der Waals surface area contributed by atoms with Gasteiger partial charge in [-0.3, -0.25) is 4.72 Å². The van der Waals surface area contributed by atoms with E-state index in [9.17, 15) is 8.42 Å². The molecule has 0 aliphatic carbocycles. The number of nitrogens with two attached hydrogens (primary N) is 1. The Kier molecular flexibility index (Phi) is 4.20. The molecule has 2 rings (SSSR count). The summed E-state index contributed by atoms with van der Waals surface area (Å²) in [5, 5.41) is 0.217. The van der Waals surface area contributed by atoms with Crippen LogP contribution in [0.1, 0.15) is 12.5 Å². The molecule has 0 aliphatic heterocycles. The summed E-state index contributed by atoms with van der Waals surface area (Å²) in [7, 11) is -3.66. The van der Waals surface area contributed by atoms with Gasteiger partial charge in [0.25, 0.3) is 10.0 Å². The van der Waals surface area contributed by atoms with E-state index in [1.165, 1.54) is 18.2 Å². The van der Waals surface area contributed by atoms with Crippen molar-refractivity contribution in [2.24, 2.45) is 0 Å². The number of hydrogen-bond donors (Lipinski definition) is 2. The summed E-state index contributed by atoms with van der Waals surface area (Å²) in [6.07, 6.45) is 0.903. The van der Waals surface area contributed by atoms with Gasteiger partial charge in [0, 0.05) is 5.69 Å². The Morgan fingerprint density at radius 3 is 2.35 bits per heavy atom. The number of benzene rings is 2. The van der Waals surface area contributed by atoms with Crippen LogP contribution in [0.4, 0.5) is 11.4 Å². The molecular weight excluding hydrogens is 296 g/mol. The minimum Gasteiger partial charge on any atom is -0.398 e. The average molecular weight is 311 g/mol. The van der Waals surface area contributed by atoms with E-state index in [-0.39, 0.29) is 9.92 Å². The molecule has 0 fully saturated rings. The molecule has 6 heteroatoms. The van der Waals surface area contributed by atoms with E-state index in [4.69, 9.17) is 17.3 Å². The zero-order chi connectivity index (χ0) is 14.8. The van der Waals surface area contributed by atoms with E-state index in [1.807, 2.05) is 19.1 Å². The van der Waals surface area contributed by atoms with E-state index in [1.54, 1.807) is 12.1 Å². The SMILES string of the molecule is CCc1ccc(NS(=O)(=O)c2ccc(N)c(Cl)c2)cc1. The lowest BCUT2D eigenvalue weighted by Gasteiger charge is -2.09. The van der Waals surface area contributed by atoms with E-state index >= 15 is 0 Å². The highest BCUT2D eigenvalue weighted by atomic mass is 35.5. The largest absolute Gasteiger partial charge is 0.398 e. The van der Waals surface area contributed by atoms with E-state index in [0.717, 1.165) is 12.0 Å². The number of hydrogen-bond acceptors (Lipinski definition) is 3. The summed E-state index contributed by atoms with van der Waals surface area (Å²) in [5.74, 6) is 0. The van der Waals surface area contributed by atoms with Gasteiger partial charge in [-0.25, -0.2) is 8.42 Å². The number of anilines is 2. The standard InChI is InChI=1S/C14H15ClN2O2S/c1-2-10-3-5-11(6-4-10)17-20(18,19)12-7-8-14(16)13(15)9-12/h3-9,17H,2,16H2,1H3. The molecule has 0 saturated carbocycles. The minimum absolute atomic E-state index is 0.0799. The van der Waals surface area contributed by atoms with Crippen LogP contribution < -0.4 is 10.5 Å². The highest BCUT2D eigenvalue weighted by Crippen LogP contribution is 2.24. The Morgan fingerprint density at radius 2 is 1.80 bits per heavy atom. The maximum absolute atomic E-state index is 12.2. The van der Waals surface area contributed by atoms with Crippen LogP contribution in [0.2, 0.25) is 5.02 Å². The molecule has 0 radical (unpaired) electrons. The molecule has 106 valence electrons. The van der Waals surface area contributed by atoms with Crippen molar-refractivity contribution in [3.8, 4) is 0 Å². The topological polar surface area (TPSA) is 72.2 Å². The van der Waals surface area contributed by atoms with Crippen molar-refractivity contribution in [3.63, 3.8) is 0 Å². The van der Waals surface area contributed by atoms with Crippen molar-refractivity contribution in [2.45, 2.75) is 18.2 Å². The number of rotatable bonds is 4. The molecule has 0 atom stereocenters. The van der Waals surface area contributed by atoms with Crippen LogP contribution in [0, 0.1) is 0 Å². The molecule has 20 heavy (non-hydrogen) atoms. The number of nitrogens with one attached hydrogen (secondary N) is 1. The second-order valence-corrected chi connectivity index (χ2v) is 6.43. The molecule has 0 spiro atoms. The summed E-state index contributed by atoms with van der Waals surface area (Å²) in [6, 6.07) is 11.5. The van der Waals surface area contributed by atoms with Gasteiger partial charge in [-0.05, 0) is 42.3 Å². The van der Waals surface area contributed by atoms with Crippen LogP contribution in [0.5, 0.6) is 0 Å². The molecule has 4 nitrogen and oxygen atoms in total. The van der Waals surface area contributed by atoms with Gasteiger partial charge in [0.1, 0.15) is 0 Å². The molecule has 0 aliphatic rings. The Balaban J connectivity index is 2.27. The Labute approximate surface area is 123 Å². The Morgan fingerprint density at radius 1 is 1.15 bits per heavy atom. The maximum atomic E-state index is 12.2. The molecule has 2 aromatic rings. The lowest BCUT2D eigenvalue weighted by Crippen LogP contribution is -2.13. The van der Waals surface area contributed by atoms with Crippen molar-refractivity contribution in [2.75, 3.05) is 10.5 Å². The third kappa shape index (κ3) is 3.23. The molecule has 0 amide bonds. The van der Waals surface area contributed by atoms with Gasteiger partial charge in [-0.15, -0.1) is 0 Å². The molecular formula is C14H15ClN2O2S. The van der Waals surface area contributed by atoms with E-state index in [0.29, 0.717) is 11.4 Å². The van der Waals surface area contributed by atoms with Crippen LogP contribution in [0.3, 0.4) is 0 Å². The fourth-order valence-corrected chi connectivity index (χ4v) is 3.03. The first-order chi connectivity index (χ1) is 9.42. The van der Waals surface area contributed by atoms with Crippen molar-refractivity contribution < 1.29 is 8.42 Å². The lowest BCUT2D eigenvalue weighted by atomic mass is 10.2. The lowest BCUT2D eigenvalue weighted by molar-refractivity contribution is 0.601. The summed E-state index contributed by atoms with van der Waals surface area (Å²) < 4.78 is 26.9. The second kappa shape index (κ2) is 5.73. The fourth-order valence-electron chi connectivity index (χ4n) is 1.70. The van der Waals surface area contributed by atoms with Gasteiger partial charge in [0.2, 0.25) is 0 Å². The second-order valence-electron chi connectivity index (χ2n) is 4.34. The van der Waals surface area contributed by atoms with Gasteiger partial charge in [0.15, 0.2) is 0 Å². The monoisotopic (exact) mass is 310 g/mol. The van der Waals surface area contributed by atoms with E-state index in [2.05, 4.69) is 4.72 Å². The zero-order valence-electron chi connectivity index (χ0n) is 10.9. The molecule has 0 heterocycles. The van der Waals surface area contributed by atoms with Gasteiger partial charge in [-0.1, -0.05) is 30.7 Å². The van der Waals surface area contributed by atoms with Crippen molar-refractivity contribution >= 4 is 33.0 Å². The first-order valence-corrected chi connectivity index (χ1v) is 7.95. The Hall–Kier alpha value is -1.72. The predicted molar refractivity (Wildman–Crippen MR) is 82.5 cm³/mol. The summed E-state index contributed by atoms with van der Waals surface area (Å²) in [4.78, 5) is 0.0799. The van der Waals surface area contributed by atoms with E-state index < -0.39 is 10.0 Å². The van der Waals surface area contributed by atoms with Crippen LogP contribution in [0.25, 0.3) is 0 Å². The van der Waals surface area contributed by atoms with Gasteiger partial charge >= 0.3 is 0 Å². The van der Waals surface area contributed by atoms with Crippen LogP contribution in [-0.2, 0) is 16.4 Å². The molecule has 3 N–H and O–H groups in total. The molecule has 0 aromatic heterocycles. The van der Waals surface area contributed by atoms with Crippen LogP contribution in [-0.4, -0.2) is 8.42 Å². The molecule has 0 saturated heterocycles. The number of aryl methyl sites for hydroxylation is 1. The zero-order valence-corrected chi connectivity index (χ0v) is 12.5. The number of sulfonamides is 1. The van der Waals surface area contributed by atoms with Gasteiger partial charge in [0.05, 0.1) is 15.6 Å². The average Bonchev–Trinajstić information content (AvgIpc) is 2.42. The first kappa shape index (κ1) is 14.7. The highest BCUT2D eigenvalue weighted by molar-refractivity contribution is 7.92. The summed E-state index contributed by atoms with van der Waals surface area (Å²) in [6.45, 7) is 2.04. The fraction of sp³-hybridized carbons (Fsp3) is 0.143. The molecule has 0 bridgehead atoms. The maximum Gasteiger partial charge on any atom is 0.261 e. The molecule has 2 aromatic carbocycles. The van der Waals surface area contributed by atoms with Crippen molar-refractivity contribution in [3.05, 3.63) is 53.1 Å². The van der Waals surface area contributed by atoms with Crippen molar-refractivity contribution in [1.82, 2.24) is 0 Å². The number of nitrogen functional groups attached to an aromatic ring is 1. The van der Waals surface area contributed by atoms with Crippen molar-refractivity contribution in [1.29, 1.82) is 0 Å². The van der Waals surface area contributed by atoms with Gasteiger partial charge in [-0.2, -0.15) is 0 Å². The smallest absolute Gasteiger partial charge is 0.261 e. The third-order valence-corrected chi connectivity index (χ3v) is 4.60. The Bertz CT molecular complexity index is 712. The van der Waals surface area contributed by atoms with Crippen LogP contribution >= 0.6 is 11.6 Å². The number of halogens is 1. The van der Waals surface area contributed by atoms with Crippen LogP contribution in [0.15, 0.2) is 47.4 Å². The predicted octanol–water partition coefficient (Wildman–Crippen LogP) is 3.29.